The van der Waals surface area contributed by atoms with Gasteiger partial charge in [0.15, 0.2) is 6.19 Å². The molecular weight excluding hydrogens is 431 g/mol. The number of carbonyl (C=O) groups excluding carboxylic acids is 1. The van der Waals surface area contributed by atoms with Gasteiger partial charge in [-0.3, -0.25) is 15.1 Å². The molecule has 2 aromatic rings. The standard InChI is InChI=1S/C21H21ClF3N5O/c1-20(2,11-27-18(31)14-6-8-16(22)9-7-14)12-28-19(29-13-26)30-17-5-3-4-15(10-17)21(23,24)25/h3-10H,11-12H2,1-2H3,(H,27,31)(H2,28,29,30). The van der Waals surface area contributed by atoms with E-state index in [2.05, 4.69) is 20.9 Å². The molecule has 0 aromatic heterocycles. The summed E-state index contributed by atoms with van der Waals surface area (Å²) in [6.45, 7) is 4.17. The average molecular weight is 452 g/mol. The molecule has 0 spiro atoms. The number of alkyl halides is 3. The lowest BCUT2D eigenvalue weighted by atomic mass is 9.93. The minimum Gasteiger partial charge on any atom is -0.351 e. The number of rotatable bonds is 6. The van der Waals surface area contributed by atoms with E-state index in [1.807, 2.05) is 13.8 Å². The van der Waals surface area contributed by atoms with Gasteiger partial charge in [0.1, 0.15) is 0 Å². The molecule has 3 N–H and O–H groups in total. The molecule has 0 atom stereocenters. The van der Waals surface area contributed by atoms with Crippen LogP contribution in [-0.4, -0.2) is 25.0 Å². The maximum Gasteiger partial charge on any atom is 0.416 e. The summed E-state index contributed by atoms with van der Waals surface area (Å²) in [6.07, 6.45) is -2.78. The minimum absolute atomic E-state index is 0.000993. The number of hydrogen-bond donors (Lipinski definition) is 3. The number of hydrogen-bond acceptors (Lipinski definition) is 3. The summed E-state index contributed by atoms with van der Waals surface area (Å²) in [5.74, 6) is -0.273. The van der Waals surface area contributed by atoms with Crippen molar-refractivity contribution in [2.75, 3.05) is 18.4 Å². The molecule has 0 bridgehead atoms. The average Bonchev–Trinajstić information content (AvgIpc) is 2.71. The molecule has 0 unspecified atom stereocenters. The van der Waals surface area contributed by atoms with E-state index in [4.69, 9.17) is 16.9 Å². The number of amides is 1. The molecular formula is C21H21ClF3N5O. The molecule has 164 valence electrons. The number of benzene rings is 2. The predicted molar refractivity (Wildman–Crippen MR) is 114 cm³/mol. The van der Waals surface area contributed by atoms with Gasteiger partial charge >= 0.3 is 6.18 Å². The van der Waals surface area contributed by atoms with Gasteiger partial charge in [-0.1, -0.05) is 31.5 Å². The third kappa shape index (κ3) is 7.83. The van der Waals surface area contributed by atoms with Gasteiger partial charge in [-0.05, 0) is 42.5 Å². The van der Waals surface area contributed by atoms with Crippen LogP contribution in [0, 0.1) is 16.9 Å². The Bertz CT molecular complexity index is 982. The third-order valence-corrected chi connectivity index (χ3v) is 4.38. The maximum absolute atomic E-state index is 12.9. The Morgan fingerprint density at radius 2 is 1.84 bits per heavy atom. The molecule has 0 aliphatic heterocycles. The molecule has 0 aliphatic carbocycles. The Morgan fingerprint density at radius 3 is 2.45 bits per heavy atom. The first-order valence-electron chi connectivity index (χ1n) is 9.18. The molecule has 2 aromatic carbocycles. The largest absolute Gasteiger partial charge is 0.416 e. The first-order valence-corrected chi connectivity index (χ1v) is 9.55. The van der Waals surface area contributed by atoms with Gasteiger partial charge < -0.3 is 10.6 Å². The van der Waals surface area contributed by atoms with Gasteiger partial charge in [-0.2, -0.15) is 18.4 Å². The fourth-order valence-corrected chi connectivity index (χ4v) is 2.57. The summed E-state index contributed by atoms with van der Waals surface area (Å²) in [4.78, 5) is 16.5. The highest BCUT2D eigenvalue weighted by molar-refractivity contribution is 6.30. The molecule has 0 aliphatic rings. The minimum atomic E-state index is -4.48. The molecule has 0 saturated carbocycles. The van der Waals surface area contributed by atoms with E-state index < -0.39 is 17.2 Å². The van der Waals surface area contributed by atoms with E-state index in [9.17, 15) is 18.0 Å². The van der Waals surface area contributed by atoms with Crippen molar-refractivity contribution in [1.82, 2.24) is 10.6 Å². The van der Waals surface area contributed by atoms with Crippen LogP contribution in [0.2, 0.25) is 5.02 Å². The molecule has 0 heterocycles. The van der Waals surface area contributed by atoms with E-state index in [1.54, 1.807) is 30.5 Å². The first kappa shape index (κ1) is 24.0. The van der Waals surface area contributed by atoms with E-state index in [0.717, 1.165) is 12.1 Å². The molecule has 1 amide bonds. The number of halogens is 4. The number of nitriles is 1. The van der Waals surface area contributed by atoms with Crippen LogP contribution >= 0.6 is 11.6 Å². The highest BCUT2D eigenvalue weighted by atomic mass is 35.5. The fourth-order valence-electron chi connectivity index (χ4n) is 2.45. The van der Waals surface area contributed by atoms with Crippen LogP contribution in [0.3, 0.4) is 0 Å². The van der Waals surface area contributed by atoms with Gasteiger partial charge in [0.05, 0.1) is 5.56 Å². The van der Waals surface area contributed by atoms with E-state index >= 15 is 0 Å². The monoisotopic (exact) mass is 451 g/mol. The molecule has 0 radical (unpaired) electrons. The number of aliphatic imine (C=N–C) groups is 1. The lowest BCUT2D eigenvalue weighted by Gasteiger charge is -2.23. The SMILES string of the molecule is CC(C)(CN=C(NC#N)Nc1cccc(C(F)(F)F)c1)CNC(=O)c1ccc(Cl)cc1. The second-order valence-corrected chi connectivity index (χ2v) is 7.90. The van der Waals surface area contributed by atoms with Crippen LogP contribution in [-0.2, 0) is 6.18 Å². The topological polar surface area (TPSA) is 89.3 Å². The number of anilines is 1. The second kappa shape index (κ2) is 10.2. The van der Waals surface area contributed by atoms with Crippen LogP contribution in [0.25, 0.3) is 0 Å². The van der Waals surface area contributed by atoms with Crippen LogP contribution in [0.15, 0.2) is 53.5 Å². The van der Waals surface area contributed by atoms with Crippen molar-refractivity contribution < 1.29 is 18.0 Å². The predicted octanol–water partition coefficient (Wildman–Crippen LogP) is 4.65. The van der Waals surface area contributed by atoms with Crippen molar-refractivity contribution in [2.45, 2.75) is 20.0 Å². The summed E-state index contributed by atoms with van der Waals surface area (Å²) in [5.41, 5.74) is -0.731. The summed E-state index contributed by atoms with van der Waals surface area (Å²) < 4.78 is 38.6. The summed E-state index contributed by atoms with van der Waals surface area (Å²) in [6, 6.07) is 11.0. The number of nitrogens with zero attached hydrogens (tertiary/aromatic N) is 2. The van der Waals surface area contributed by atoms with Crippen molar-refractivity contribution in [1.29, 1.82) is 5.26 Å². The van der Waals surface area contributed by atoms with Crippen molar-refractivity contribution in [3.05, 3.63) is 64.7 Å². The molecule has 0 saturated heterocycles. The zero-order chi connectivity index (χ0) is 23.1. The molecule has 0 fully saturated rings. The number of carbonyl (C=O) groups is 1. The van der Waals surface area contributed by atoms with E-state index in [-0.39, 0.29) is 30.6 Å². The fraction of sp³-hybridized carbons (Fsp3) is 0.286. The molecule has 2 rings (SSSR count). The van der Waals surface area contributed by atoms with Crippen LogP contribution in [0.1, 0.15) is 29.8 Å². The Hall–Kier alpha value is -3.25. The van der Waals surface area contributed by atoms with Crippen LogP contribution < -0.4 is 16.0 Å². The summed E-state index contributed by atoms with van der Waals surface area (Å²) in [5, 5.41) is 17.3. The summed E-state index contributed by atoms with van der Waals surface area (Å²) >= 11 is 5.81. The van der Waals surface area contributed by atoms with Crippen molar-refractivity contribution >= 4 is 29.2 Å². The highest BCUT2D eigenvalue weighted by Gasteiger charge is 2.30. The van der Waals surface area contributed by atoms with Gasteiger partial charge in [0.2, 0.25) is 5.96 Å². The van der Waals surface area contributed by atoms with Gasteiger partial charge in [-0.25, -0.2) is 0 Å². The van der Waals surface area contributed by atoms with E-state index in [0.29, 0.717) is 10.6 Å². The molecule has 6 nitrogen and oxygen atoms in total. The van der Waals surface area contributed by atoms with Gasteiger partial charge in [0.25, 0.3) is 5.91 Å². The zero-order valence-electron chi connectivity index (χ0n) is 16.8. The Kier molecular flexibility index (Phi) is 7.89. The highest BCUT2D eigenvalue weighted by Crippen LogP contribution is 2.30. The van der Waals surface area contributed by atoms with Gasteiger partial charge in [-0.15, -0.1) is 0 Å². The normalized spacial score (nSPS) is 12.1. The van der Waals surface area contributed by atoms with Crippen molar-refractivity contribution in [2.24, 2.45) is 10.4 Å². The molecule has 31 heavy (non-hydrogen) atoms. The van der Waals surface area contributed by atoms with Crippen molar-refractivity contribution in [3.63, 3.8) is 0 Å². The Labute approximate surface area is 183 Å². The second-order valence-electron chi connectivity index (χ2n) is 7.46. The first-order chi connectivity index (χ1) is 14.5. The zero-order valence-corrected chi connectivity index (χ0v) is 17.6. The maximum atomic E-state index is 12.9. The Balaban J connectivity index is 2.02. The lowest BCUT2D eigenvalue weighted by Crippen LogP contribution is -2.37. The van der Waals surface area contributed by atoms with E-state index in [1.165, 1.54) is 12.1 Å². The third-order valence-electron chi connectivity index (χ3n) is 4.13. The number of guanidine groups is 1. The number of nitrogens with one attached hydrogen (secondary N) is 3. The quantitative estimate of drug-likeness (QED) is 0.258. The Morgan fingerprint density at radius 1 is 1.16 bits per heavy atom. The van der Waals surface area contributed by atoms with Crippen molar-refractivity contribution in [3.8, 4) is 6.19 Å². The smallest absolute Gasteiger partial charge is 0.351 e. The van der Waals surface area contributed by atoms with Crippen LogP contribution in [0.4, 0.5) is 18.9 Å². The lowest BCUT2D eigenvalue weighted by molar-refractivity contribution is -0.137. The summed E-state index contributed by atoms with van der Waals surface area (Å²) in [7, 11) is 0. The van der Waals surface area contributed by atoms with Crippen LogP contribution in [0.5, 0.6) is 0 Å². The molecule has 10 heteroatoms. The van der Waals surface area contributed by atoms with Gasteiger partial charge in [0, 0.05) is 34.8 Å².